The van der Waals surface area contributed by atoms with Gasteiger partial charge in [0.15, 0.2) is 5.75 Å². The summed E-state index contributed by atoms with van der Waals surface area (Å²) in [5.74, 6) is 0.223. The molecule has 21 heavy (non-hydrogen) atoms. The second-order valence-corrected chi connectivity index (χ2v) is 5.94. The van der Waals surface area contributed by atoms with E-state index in [4.69, 9.17) is 15.2 Å². The molecule has 0 fully saturated rings. The van der Waals surface area contributed by atoms with Crippen molar-refractivity contribution < 1.29 is 14.3 Å². The molecule has 0 atom stereocenters. The number of rotatable bonds is 8. The molecule has 120 valence electrons. The van der Waals surface area contributed by atoms with Crippen molar-refractivity contribution in [3.63, 3.8) is 0 Å². The maximum absolute atomic E-state index is 12.0. The molecule has 0 unspecified atom stereocenters. The van der Waals surface area contributed by atoms with E-state index in [2.05, 4.69) is 18.7 Å². The summed E-state index contributed by atoms with van der Waals surface area (Å²) in [4.78, 5) is 14.6. The van der Waals surface area contributed by atoms with Gasteiger partial charge in [-0.3, -0.25) is 0 Å². The van der Waals surface area contributed by atoms with Crippen molar-refractivity contribution in [2.24, 2.45) is 0 Å². The normalized spacial score (nSPS) is 10.8. The molecule has 0 aliphatic carbocycles. The summed E-state index contributed by atoms with van der Waals surface area (Å²) in [7, 11) is 0. The molecule has 0 aliphatic heterocycles. The van der Waals surface area contributed by atoms with Gasteiger partial charge < -0.3 is 20.1 Å². The Morgan fingerprint density at radius 1 is 1.33 bits per heavy atom. The van der Waals surface area contributed by atoms with Crippen LogP contribution in [0.15, 0.2) is 0 Å². The fourth-order valence-corrected chi connectivity index (χ4v) is 3.13. The van der Waals surface area contributed by atoms with Crippen molar-refractivity contribution in [1.29, 1.82) is 0 Å². The molecule has 0 saturated carbocycles. The second kappa shape index (κ2) is 8.12. The van der Waals surface area contributed by atoms with E-state index in [9.17, 15) is 4.79 Å². The fraction of sp³-hybridized carbons (Fsp3) is 0.667. The lowest BCUT2D eigenvalue weighted by Crippen LogP contribution is -2.23. The van der Waals surface area contributed by atoms with Crippen LogP contribution in [0.4, 0.5) is 10.7 Å². The molecule has 0 aliphatic rings. The topological polar surface area (TPSA) is 64.8 Å². The molecule has 0 bridgehead atoms. The monoisotopic (exact) mass is 314 g/mol. The number of esters is 1. The van der Waals surface area contributed by atoms with Crippen molar-refractivity contribution in [1.82, 2.24) is 0 Å². The summed E-state index contributed by atoms with van der Waals surface area (Å²) in [6, 6.07) is 0. The van der Waals surface area contributed by atoms with E-state index < -0.39 is 0 Å². The highest BCUT2D eigenvalue weighted by Crippen LogP contribution is 2.45. The van der Waals surface area contributed by atoms with Gasteiger partial charge in [0.2, 0.25) is 0 Å². The van der Waals surface area contributed by atoms with Gasteiger partial charge in [-0.2, -0.15) is 0 Å². The molecular formula is C15H26N2O3S. The molecule has 0 radical (unpaired) electrons. The predicted molar refractivity (Wildman–Crippen MR) is 88.6 cm³/mol. The molecule has 0 aromatic carbocycles. The maximum atomic E-state index is 12.0. The molecule has 0 spiro atoms. The van der Waals surface area contributed by atoms with Gasteiger partial charge in [-0.15, -0.1) is 11.3 Å². The lowest BCUT2D eigenvalue weighted by Gasteiger charge is -2.23. The molecule has 2 N–H and O–H groups in total. The number of thiophene rings is 1. The van der Waals surface area contributed by atoms with E-state index in [1.807, 2.05) is 13.8 Å². The van der Waals surface area contributed by atoms with Crippen molar-refractivity contribution >= 4 is 28.0 Å². The molecule has 0 amide bonds. The van der Waals surface area contributed by atoms with Crippen molar-refractivity contribution in [2.75, 3.05) is 30.3 Å². The van der Waals surface area contributed by atoms with Crippen LogP contribution < -0.4 is 15.4 Å². The fourth-order valence-electron chi connectivity index (χ4n) is 2.00. The minimum atomic E-state index is -0.382. The number of nitrogens with two attached hydrogens (primary N) is 1. The number of carbonyl (C=O) groups is 1. The van der Waals surface area contributed by atoms with Gasteiger partial charge in [-0.05, 0) is 34.1 Å². The standard InChI is InChI=1S/C15H26N2O3S/c1-6-9-17(7-2)14-12(20-10(4)5)11(16)13(21-14)15(18)19-8-3/h10H,6-9,16H2,1-5H3. The van der Waals surface area contributed by atoms with Crippen molar-refractivity contribution in [2.45, 2.75) is 47.1 Å². The summed E-state index contributed by atoms with van der Waals surface area (Å²) >= 11 is 1.35. The van der Waals surface area contributed by atoms with Crippen LogP contribution in [0.2, 0.25) is 0 Å². The lowest BCUT2D eigenvalue weighted by atomic mass is 10.3. The third-order valence-corrected chi connectivity index (χ3v) is 4.09. The van der Waals surface area contributed by atoms with Gasteiger partial charge in [0.05, 0.1) is 12.7 Å². The Morgan fingerprint density at radius 2 is 2.00 bits per heavy atom. The number of hydrogen-bond acceptors (Lipinski definition) is 6. The van der Waals surface area contributed by atoms with E-state index >= 15 is 0 Å². The van der Waals surface area contributed by atoms with Crippen LogP contribution in [0.3, 0.4) is 0 Å². The van der Waals surface area contributed by atoms with Gasteiger partial charge in [0, 0.05) is 13.1 Å². The highest BCUT2D eigenvalue weighted by Gasteiger charge is 2.26. The molecule has 1 heterocycles. The van der Waals surface area contributed by atoms with Gasteiger partial charge in [-0.1, -0.05) is 6.92 Å². The maximum Gasteiger partial charge on any atom is 0.350 e. The zero-order valence-electron chi connectivity index (χ0n) is 13.6. The van der Waals surface area contributed by atoms with E-state index in [1.54, 1.807) is 6.92 Å². The molecule has 1 aromatic heterocycles. The first-order chi connectivity index (χ1) is 9.96. The zero-order valence-corrected chi connectivity index (χ0v) is 14.4. The number of carbonyl (C=O) groups excluding carboxylic acids is 1. The van der Waals surface area contributed by atoms with E-state index in [0.717, 1.165) is 24.5 Å². The molecule has 1 aromatic rings. The Kier molecular flexibility index (Phi) is 6.81. The third-order valence-electron chi connectivity index (χ3n) is 2.86. The predicted octanol–water partition coefficient (Wildman–Crippen LogP) is 3.53. The van der Waals surface area contributed by atoms with Gasteiger partial charge in [-0.25, -0.2) is 4.79 Å². The first-order valence-corrected chi connectivity index (χ1v) is 8.28. The van der Waals surface area contributed by atoms with Gasteiger partial charge in [0.1, 0.15) is 15.6 Å². The van der Waals surface area contributed by atoms with Crippen LogP contribution in [-0.2, 0) is 4.74 Å². The number of ether oxygens (including phenoxy) is 2. The van der Waals surface area contributed by atoms with E-state index in [1.165, 1.54) is 11.3 Å². The molecule has 5 nitrogen and oxygen atoms in total. The van der Waals surface area contributed by atoms with Gasteiger partial charge >= 0.3 is 5.97 Å². The minimum Gasteiger partial charge on any atom is -0.486 e. The molecule has 6 heteroatoms. The average Bonchev–Trinajstić information content (AvgIpc) is 2.74. The first-order valence-electron chi connectivity index (χ1n) is 7.47. The Labute approximate surface area is 131 Å². The smallest absolute Gasteiger partial charge is 0.350 e. The Bertz CT molecular complexity index is 472. The number of nitrogen functional groups attached to an aromatic ring is 1. The lowest BCUT2D eigenvalue weighted by molar-refractivity contribution is 0.0533. The quantitative estimate of drug-likeness (QED) is 0.744. The average molecular weight is 314 g/mol. The zero-order chi connectivity index (χ0) is 16.0. The summed E-state index contributed by atoms with van der Waals surface area (Å²) in [6.45, 7) is 11.9. The summed E-state index contributed by atoms with van der Waals surface area (Å²) in [6.07, 6.45) is 1.01. The van der Waals surface area contributed by atoms with Crippen LogP contribution >= 0.6 is 11.3 Å². The first kappa shape index (κ1) is 17.6. The minimum absolute atomic E-state index is 0.00368. The largest absolute Gasteiger partial charge is 0.486 e. The second-order valence-electron chi connectivity index (χ2n) is 4.95. The number of nitrogens with zero attached hydrogens (tertiary/aromatic N) is 1. The molecular weight excluding hydrogens is 288 g/mol. The third kappa shape index (κ3) is 4.27. The van der Waals surface area contributed by atoms with Gasteiger partial charge in [0.25, 0.3) is 0 Å². The van der Waals surface area contributed by atoms with Crippen LogP contribution in [-0.4, -0.2) is 31.8 Å². The molecule has 0 saturated heterocycles. The van der Waals surface area contributed by atoms with Crippen molar-refractivity contribution in [3.8, 4) is 5.75 Å². The Morgan fingerprint density at radius 3 is 2.48 bits per heavy atom. The van der Waals surface area contributed by atoms with Crippen molar-refractivity contribution in [3.05, 3.63) is 4.88 Å². The number of hydrogen-bond donors (Lipinski definition) is 1. The van der Waals surface area contributed by atoms with Crippen LogP contribution in [0.1, 0.15) is 50.7 Å². The number of anilines is 2. The van der Waals surface area contributed by atoms with Crippen LogP contribution in [0.25, 0.3) is 0 Å². The van der Waals surface area contributed by atoms with E-state index in [0.29, 0.717) is 22.9 Å². The van der Waals surface area contributed by atoms with Crippen LogP contribution in [0.5, 0.6) is 5.75 Å². The summed E-state index contributed by atoms with van der Waals surface area (Å²) < 4.78 is 10.9. The summed E-state index contributed by atoms with van der Waals surface area (Å²) in [5, 5.41) is 0.911. The molecule has 1 rings (SSSR count). The summed E-state index contributed by atoms with van der Waals surface area (Å²) in [5.41, 5.74) is 6.52. The Balaban J connectivity index is 3.25. The highest BCUT2D eigenvalue weighted by molar-refractivity contribution is 7.19. The van der Waals surface area contributed by atoms with E-state index in [-0.39, 0.29) is 12.1 Å². The highest BCUT2D eigenvalue weighted by atomic mass is 32.1. The Hall–Kier alpha value is -1.43. The van der Waals surface area contributed by atoms with Crippen LogP contribution in [0, 0.1) is 0 Å². The SMILES string of the molecule is CCCN(CC)c1sc(C(=O)OCC)c(N)c1OC(C)C.